The van der Waals surface area contributed by atoms with Gasteiger partial charge in [0.25, 0.3) is 0 Å². The zero-order valence-corrected chi connectivity index (χ0v) is 8.98. The summed E-state index contributed by atoms with van der Waals surface area (Å²) in [7, 11) is 0. The molecule has 0 aromatic carbocycles. The highest BCUT2D eigenvalue weighted by atomic mass is 32.2. The van der Waals surface area contributed by atoms with Crippen molar-refractivity contribution in [2.45, 2.75) is 23.3 Å². The molecule has 2 bridgehead atoms. The van der Waals surface area contributed by atoms with Crippen LogP contribution in [-0.2, 0) is 0 Å². The predicted molar refractivity (Wildman–Crippen MR) is 60.3 cm³/mol. The van der Waals surface area contributed by atoms with E-state index in [1.54, 1.807) is 4.88 Å². The molecule has 0 radical (unpaired) electrons. The van der Waals surface area contributed by atoms with Crippen LogP contribution in [0.15, 0.2) is 29.7 Å². The van der Waals surface area contributed by atoms with Gasteiger partial charge in [-0.15, -0.1) is 23.1 Å². The Balaban J connectivity index is 1.91. The highest BCUT2D eigenvalue weighted by Gasteiger charge is 2.33. The van der Waals surface area contributed by atoms with Crippen molar-refractivity contribution in [1.82, 2.24) is 0 Å². The Morgan fingerprint density at radius 3 is 2.77 bits per heavy atom. The Hall–Kier alpha value is -0.210. The summed E-state index contributed by atoms with van der Waals surface area (Å²) in [6, 6.07) is 4.46. The Morgan fingerprint density at radius 2 is 2.23 bits per heavy atom. The molecule has 3 aliphatic rings. The van der Waals surface area contributed by atoms with Gasteiger partial charge in [0.1, 0.15) is 0 Å². The van der Waals surface area contributed by atoms with Gasteiger partial charge < -0.3 is 0 Å². The van der Waals surface area contributed by atoms with Crippen LogP contribution in [0.1, 0.15) is 23.0 Å². The van der Waals surface area contributed by atoms with E-state index in [4.69, 9.17) is 0 Å². The van der Waals surface area contributed by atoms with Crippen LogP contribution in [0, 0.1) is 5.92 Å². The van der Waals surface area contributed by atoms with Crippen molar-refractivity contribution >= 4 is 23.1 Å². The molecule has 1 aromatic heterocycles. The molecule has 0 saturated carbocycles. The molecule has 13 heavy (non-hydrogen) atoms. The quantitative estimate of drug-likeness (QED) is 0.631. The summed E-state index contributed by atoms with van der Waals surface area (Å²) in [5, 5.41) is 3.77. The second kappa shape index (κ2) is 3.18. The SMILES string of the molecule is C1=C[C@H]2CC[C@@H]1[C@H](c1cccs1)S2. The van der Waals surface area contributed by atoms with E-state index in [0.29, 0.717) is 0 Å². The lowest BCUT2D eigenvalue weighted by molar-refractivity contribution is 0.513. The highest BCUT2D eigenvalue weighted by molar-refractivity contribution is 8.00. The van der Waals surface area contributed by atoms with Gasteiger partial charge in [0.2, 0.25) is 0 Å². The summed E-state index contributed by atoms with van der Waals surface area (Å²) < 4.78 is 0. The molecule has 1 aromatic rings. The first-order valence-corrected chi connectivity index (χ1v) is 6.63. The van der Waals surface area contributed by atoms with Gasteiger partial charge in [0.15, 0.2) is 0 Å². The zero-order chi connectivity index (χ0) is 8.67. The predicted octanol–water partition coefficient (Wildman–Crippen LogP) is 3.87. The van der Waals surface area contributed by atoms with Crippen LogP contribution in [0.25, 0.3) is 0 Å². The van der Waals surface area contributed by atoms with E-state index in [1.165, 1.54) is 12.8 Å². The Bertz CT molecular complexity index is 313. The van der Waals surface area contributed by atoms with E-state index < -0.39 is 0 Å². The number of thioether (sulfide) groups is 1. The molecule has 3 atom stereocenters. The molecule has 0 N–H and O–H groups in total. The summed E-state index contributed by atoms with van der Waals surface area (Å²) in [6.07, 6.45) is 7.64. The van der Waals surface area contributed by atoms with Gasteiger partial charge >= 0.3 is 0 Å². The fraction of sp³-hybridized carbons (Fsp3) is 0.455. The minimum Gasteiger partial charge on any atom is -0.148 e. The number of allylic oxidation sites excluding steroid dienone is 1. The number of hydrogen-bond donors (Lipinski definition) is 0. The molecule has 2 aliphatic heterocycles. The number of hydrogen-bond acceptors (Lipinski definition) is 2. The van der Waals surface area contributed by atoms with Gasteiger partial charge in [-0.2, -0.15) is 0 Å². The van der Waals surface area contributed by atoms with E-state index in [-0.39, 0.29) is 0 Å². The number of rotatable bonds is 1. The molecule has 68 valence electrons. The second-order valence-corrected chi connectivity index (χ2v) is 6.10. The van der Waals surface area contributed by atoms with Crippen LogP contribution in [0.3, 0.4) is 0 Å². The Labute approximate surface area is 87.0 Å². The van der Waals surface area contributed by atoms with Gasteiger partial charge in [-0.3, -0.25) is 0 Å². The third-order valence-electron chi connectivity index (χ3n) is 2.89. The third-order valence-corrected chi connectivity index (χ3v) is 5.64. The molecule has 0 unspecified atom stereocenters. The Morgan fingerprint density at radius 1 is 1.23 bits per heavy atom. The smallest absolute Gasteiger partial charge is 0.0459 e. The van der Waals surface area contributed by atoms with E-state index in [9.17, 15) is 0 Å². The van der Waals surface area contributed by atoms with Crippen LogP contribution >= 0.6 is 23.1 Å². The van der Waals surface area contributed by atoms with Gasteiger partial charge in [0, 0.05) is 15.4 Å². The van der Waals surface area contributed by atoms with Crippen LogP contribution in [-0.4, -0.2) is 5.25 Å². The van der Waals surface area contributed by atoms with Crippen LogP contribution < -0.4 is 0 Å². The van der Waals surface area contributed by atoms with Gasteiger partial charge in [-0.1, -0.05) is 18.2 Å². The van der Waals surface area contributed by atoms with E-state index in [0.717, 1.165) is 16.4 Å². The molecule has 0 amide bonds. The topological polar surface area (TPSA) is 0 Å². The van der Waals surface area contributed by atoms with Crippen molar-refractivity contribution < 1.29 is 0 Å². The van der Waals surface area contributed by atoms with Crippen molar-refractivity contribution in [2.75, 3.05) is 0 Å². The van der Waals surface area contributed by atoms with Crippen molar-refractivity contribution in [3.63, 3.8) is 0 Å². The lowest BCUT2D eigenvalue weighted by atomic mass is 9.91. The molecule has 3 heterocycles. The van der Waals surface area contributed by atoms with Crippen LogP contribution in [0.5, 0.6) is 0 Å². The summed E-state index contributed by atoms with van der Waals surface area (Å²) in [5.74, 6) is 0.814. The largest absolute Gasteiger partial charge is 0.148 e. The standard InChI is InChI=1S/C11H12S2/c1-2-10(12-7-1)11-8-3-5-9(13-11)6-4-8/h1-3,5,7-9,11H,4,6H2/t8-,9+,11-/m1/s1. The first kappa shape index (κ1) is 8.13. The Kier molecular flexibility index (Phi) is 1.99. The number of fused-ring (bicyclic) bond motifs is 2. The average molecular weight is 208 g/mol. The molecule has 1 saturated heterocycles. The maximum absolute atomic E-state index is 2.44. The monoisotopic (exact) mass is 208 g/mol. The van der Waals surface area contributed by atoms with Crippen molar-refractivity contribution in [1.29, 1.82) is 0 Å². The molecular weight excluding hydrogens is 196 g/mol. The van der Waals surface area contributed by atoms with Crippen LogP contribution in [0.2, 0.25) is 0 Å². The fourth-order valence-electron chi connectivity index (χ4n) is 2.20. The zero-order valence-electron chi connectivity index (χ0n) is 7.35. The van der Waals surface area contributed by atoms with Gasteiger partial charge in [-0.25, -0.2) is 0 Å². The normalized spacial score (nSPS) is 36.8. The minimum atomic E-state index is 0.767. The van der Waals surface area contributed by atoms with Crippen molar-refractivity contribution in [3.05, 3.63) is 34.5 Å². The minimum absolute atomic E-state index is 0.767. The lowest BCUT2D eigenvalue weighted by Gasteiger charge is -2.37. The molecule has 1 aliphatic carbocycles. The first-order chi connectivity index (χ1) is 6.43. The molecule has 0 nitrogen and oxygen atoms in total. The molecule has 0 spiro atoms. The van der Waals surface area contributed by atoms with E-state index >= 15 is 0 Å². The number of thiophene rings is 1. The summed E-state index contributed by atoms with van der Waals surface area (Å²) in [6.45, 7) is 0. The molecule has 2 heteroatoms. The summed E-state index contributed by atoms with van der Waals surface area (Å²) in [5.41, 5.74) is 0. The fourth-order valence-corrected chi connectivity index (χ4v) is 4.79. The molecule has 4 rings (SSSR count). The van der Waals surface area contributed by atoms with Crippen molar-refractivity contribution in [2.24, 2.45) is 5.92 Å². The second-order valence-electron chi connectivity index (χ2n) is 3.74. The highest BCUT2D eigenvalue weighted by Crippen LogP contribution is 2.51. The molecular formula is C11H12S2. The van der Waals surface area contributed by atoms with Crippen LogP contribution in [0.4, 0.5) is 0 Å². The maximum atomic E-state index is 2.44. The maximum Gasteiger partial charge on any atom is 0.0459 e. The van der Waals surface area contributed by atoms with Gasteiger partial charge in [-0.05, 0) is 30.2 Å². The lowest BCUT2D eigenvalue weighted by Crippen LogP contribution is -2.23. The van der Waals surface area contributed by atoms with Gasteiger partial charge in [0.05, 0.1) is 0 Å². The molecule has 1 fully saturated rings. The average Bonchev–Trinajstić information content (AvgIpc) is 2.72. The van der Waals surface area contributed by atoms with Crippen molar-refractivity contribution in [3.8, 4) is 0 Å². The van der Waals surface area contributed by atoms with E-state index in [2.05, 4.69) is 41.4 Å². The summed E-state index contributed by atoms with van der Waals surface area (Å²) >= 11 is 4.08. The third kappa shape index (κ3) is 1.36. The van der Waals surface area contributed by atoms with E-state index in [1.807, 2.05) is 11.3 Å². The summed E-state index contributed by atoms with van der Waals surface area (Å²) in [4.78, 5) is 1.57. The first-order valence-electron chi connectivity index (χ1n) is 4.81.